The summed E-state index contributed by atoms with van der Waals surface area (Å²) in [5.41, 5.74) is -0.738. The van der Waals surface area contributed by atoms with Crippen molar-refractivity contribution in [3.05, 3.63) is 17.8 Å². The van der Waals surface area contributed by atoms with Crippen molar-refractivity contribution < 1.29 is 24.2 Å². The quantitative estimate of drug-likeness (QED) is 0.453. The number of rotatable bonds is 9. The Bertz CT molecular complexity index is 1040. The van der Waals surface area contributed by atoms with Crippen LogP contribution in [0.25, 0.3) is 6.20 Å². The lowest BCUT2D eigenvalue weighted by molar-refractivity contribution is -0.137. The number of amides is 2. The summed E-state index contributed by atoms with van der Waals surface area (Å²) in [6.45, 7) is 9.68. The van der Waals surface area contributed by atoms with Crippen molar-refractivity contribution in [3.63, 3.8) is 0 Å². The average molecular weight is 529 g/mol. The predicted molar refractivity (Wildman–Crippen MR) is 143 cm³/mol. The predicted octanol–water partition coefficient (Wildman–Crippen LogP) is 3.38. The Hall–Kier alpha value is -2.39. The number of nitrogens with one attached hydrogen (secondary N) is 2. The van der Waals surface area contributed by atoms with E-state index in [0.717, 1.165) is 44.9 Å². The van der Waals surface area contributed by atoms with Crippen molar-refractivity contribution in [2.24, 2.45) is 29.6 Å². The van der Waals surface area contributed by atoms with Gasteiger partial charge in [0.05, 0.1) is 23.9 Å². The van der Waals surface area contributed by atoms with E-state index < -0.39 is 11.1 Å². The molecule has 2 amide bonds. The van der Waals surface area contributed by atoms with Crippen LogP contribution in [-0.2, 0) is 9.53 Å². The van der Waals surface area contributed by atoms with E-state index in [9.17, 15) is 14.7 Å². The maximum atomic E-state index is 13.5. The van der Waals surface area contributed by atoms with Gasteiger partial charge in [0.25, 0.3) is 5.91 Å². The van der Waals surface area contributed by atoms with Crippen LogP contribution in [0.1, 0.15) is 83.0 Å². The zero-order valence-corrected chi connectivity index (χ0v) is 23.2. The highest BCUT2D eigenvalue weighted by atomic mass is 16.5. The van der Waals surface area contributed by atoms with Gasteiger partial charge in [0.1, 0.15) is 5.56 Å². The molecule has 0 spiro atoms. The van der Waals surface area contributed by atoms with Crippen molar-refractivity contribution in [1.29, 1.82) is 0 Å². The van der Waals surface area contributed by atoms with E-state index in [4.69, 9.17) is 9.47 Å². The van der Waals surface area contributed by atoms with Crippen molar-refractivity contribution in [2.75, 3.05) is 19.8 Å². The Morgan fingerprint density at radius 3 is 2.55 bits per heavy atom. The lowest BCUT2D eigenvalue weighted by atomic mass is 9.52. The first-order chi connectivity index (χ1) is 18.0. The van der Waals surface area contributed by atoms with Gasteiger partial charge in [0, 0.05) is 31.4 Å². The van der Waals surface area contributed by atoms with E-state index in [1.807, 2.05) is 19.9 Å². The molecule has 38 heavy (non-hydrogen) atoms. The van der Waals surface area contributed by atoms with Crippen molar-refractivity contribution >= 4 is 18.0 Å². The number of aromatic nitrogens is 2. The molecule has 1 aromatic rings. The molecule has 2 unspecified atom stereocenters. The smallest absolute Gasteiger partial charge is 0.258 e. The lowest BCUT2D eigenvalue weighted by Crippen LogP contribution is -2.61. The number of hydrogen-bond acceptors (Lipinski definition) is 6. The minimum atomic E-state index is -0.611. The van der Waals surface area contributed by atoms with E-state index in [2.05, 4.69) is 29.6 Å². The fourth-order valence-corrected chi connectivity index (χ4v) is 7.13. The summed E-state index contributed by atoms with van der Waals surface area (Å²) in [5, 5.41) is 21.8. The number of hydrogen-bond donors (Lipinski definition) is 3. The Labute approximate surface area is 225 Å². The van der Waals surface area contributed by atoms with Crippen LogP contribution >= 0.6 is 0 Å². The van der Waals surface area contributed by atoms with Crippen LogP contribution in [0.3, 0.4) is 0 Å². The summed E-state index contributed by atoms with van der Waals surface area (Å²) < 4.78 is 13.1. The molecular weight excluding hydrogens is 484 g/mol. The van der Waals surface area contributed by atoms with Crippen LogP contribution in [0, 0.1) is 29.6 Å². The molecule has 4 bridgehead atoms. The van der Waals surface area contributed by atoms with Gasteiger partial charge in [0.2, 0.25) is 11.8 Å². The van der Waals surface area contributed by atoms with Crippen molar-refractivity contribution in [3.8, 4) is 5.88 Å². The average Bonchev–Trinajstić information content (AvgIpc) is 3.26. The Morgan fingerprint density at radius 1 is 1.24 bits per heavy atom. The SMILES string of the molecule is CC(C)COc1c(C(=O)NC2C3CC4CC2CC(O)(C4)C3)cnn1/C=C/C(C)(C)NC(=O)C1CCOCC1. The second-order valence-electron chi connectivity index (χ2n) is 13.1. The zero-order chi connectivity index (χ0) is 27.1. The van der Waals surface area contributed by atoms with Gasteiger partial charge in [-0.25, -0.2) is 4.68 Å². The first kappa shape index (κ1) is 27.2. The molecule has 3 N–H and O–H groups in total. The summed E-state index contributed by atoms with van der Waals surface area (Å²) in [4.78, 5) is 26.3. The van der Waals surface area contributed by atoms with E-state index in [1.54, 1.807) is 17.1 Å². The summed E-state index contributed by atoms with van der Waals surface area (Å²) >= 11 is 0. The maximum Gasteiger partial charge on any atom is 0.258 e. The molecule has 9 heteroatoms. The van der Waals surface area contributed by atoms with Gasteiger partial charge in [0.15, 0.2) is 0 Å². The number of aliphatic hydroxyl groups is 1. The fourth-order valence-electron chi connectivity index (χ4n) is 7.13. The van der Waals surface area contributed by atoms with Crippen LogP contribution in [0.2, 0.25) is 0 Å². The summed E-state index contributed by atoms with van der Waals surface area (Å²) in [7, 11) is 0. The van der Waals surface area contributed by atoms with Crippen LogP contribution in [-0.4, -0.2) is 63.7 Å². The Morgan fingerprint density at radius 2 is 1.92 bits per heavy atom. The van der Waals surface area contributed by atoms with Crippen LogP contribution in [0.5, 0.6) is 5.88 Å². The molecule has 1 aromatic heterocycles. The molecule has 1 saturated heterocycles. The van der Waals surface area contributed by atoms with Crippen LogP contribution in [0.15, 0.2) is 12.3 Å². The molecule has 4 saturated carbocycles. The van der Waals surface area contributed by atoms with Crippen molar-refractivity contribution in [1.82, 2.24) is 20.4 Å². The van der Waals surface area contributed by atoms with Gasteiger partial charge in [-0.15, -0.1) is 0 Å². The molecular formula is C29H44N4O5. The van der Waals surface area contributed by atoms with E-state index >= 15 is 0 Å². The first-order valence-corrected chi connectivity index (χ1v) is 14.3. The highest BCUT2D eigenvalue weighted by Gasteiger charge is 2.55. The fraction of sp³-hybridized carbons (Fsp3) is 0.759. The van der Waals surface area contributed by atoms with Crippen LogP contribution < -0.4 is 15.4 Å². The van der Waals surface area contributed by atoms with Gasteiger partial charge >= 0.3 is 0 Å². The summed E-state index contributed by atoms with van der Waals surface area (Å²) in [5.74, 6) is 1.72. The third kappa shape index (κ3) is 5.93. The summed E-state index contributed by atoms with van der Waals surface area (Å²) in [6.07, 6.45) is 11.3. The minimum Gasteiger partial charge on any atom is -0.477 e. The molecule has 9 nitrogen and oxygen atoms in total. The number of carbonyl (C=O) groups is 2. The molecule has 1 aliphatic heterocycles. The van der Waals surface area contributed by atoms with Gasteiger partial charge in [-0.3, -0.25) is 9.59 Å². The highest BCUT2D eigenvalue weighted by Crippen LogP contribution is 2.55. The minimum absolute atomic E-state index is 0.0279. The molecule has 6 rings (SSSR count). The van der Waals surface area contributed by atoms with Gasteiger partial charge in [-0.1, -0.05) is 13.8 Å². The third-order valence-corrected chi connectivity index (χ3v) is 8.76. The standard InChI is InChI=1S/C29H44N4O5/c1-18(2)17-38-27-23(26(35)31-24-21-11-19-12-22(24)15-29(36,13-19)14-21)16-30-33(27)8-7-28(3,4)32-25(34)20-5-9-37-10-6-20/h7-8,16,18-22,24,36H,5-6,9-15,17H2,1-4H3,(H,31,35)(H,32,34)/b8-7+. The van der Waals surface area contributed by atoms with E-state index in [-0.39, 0.29) is 29.7 Å². The van der Waals surface area contributed by atoms with Crippen LogP contribution in [0.4, 0.5) is 0 Å². The zero-order valence-electron chi connectivity index (χ0n) is 23.2. The van der Waals surface area contributed by atoms with Gasteiger partial charge < -0.3 is 25.2 Å². The summed E-state index contributed by atoms with van der Waals surface area (Å²) in [6, 6.07) is 0.0792. The van der Waals surface area contributed by atoms with E-state index in [0.29, 0.717) is 49.0 Å². The Kier molecular flexibility index (Phi) is 7.61. The molecule has 2 heterocycles. The second kappa shape index (κ2) is 10.6. The number of ether oxygens (including phenoxy) is 2. The molecule has 0 radical (unpaired) electrons. The topological polar surface area (TPSA) is 115 Å². The largest absolute Gasteiger partial charge is 0.477 e. The maximum absolute atomic E-state index is 13.5. The lowest BCUT2D eigenvalue weighted by Gasteiger charge is -2.58. The number of carbonyl (C=O) groups excluding carboxylic acids is 2. The monoisotopic (exact) mass is 528 g/mol. The molecule has 0 aromatic carbocycles. The number of nitrogens with zero attached hydrogens (tertiary/aromatic N) is 2. The van der Waals surface area contributed by atoms with Gasteiger partial charge in [-0.05, 0) is 88.5 Å². The Balaban J connectivity index is 1.29. The van der Waals surface area contributed by atoms with Crippen molar-refractivity contribution in [2.45, 2.75) is 89.8 Å². The third-order valence-electron chi connectivity index (χ3n) is 8.76. The van der Waals surface area contributed by atoms with E-state index in [1.165, 1.54) is 0 Å². The highest BCUT2D eigenvalue weighted by molar-refractivity contribution is 5.96. The molecule has 5 aliphatic rings. The molecule has 2 atom stereocenters. The normalized spacial score (nSPS) is 31.2. The van der Waals surface area contributed by atoms with Gasteiger partial charge in [-0.2, -0.15) is 5.10 Å². The molecule has 5 fully saturated rings. The molecule has 4 aliphatic carbocycles. The molecule has 210 valence electrons. The first-order valence-electron chi connectivity index (χ1n) is 14.3. The second-order valence-corrected chi connectivity index (χ2v) is 13.1.